The number of nitrogens with zero attached hydrogens (tertiary/aromatic N) is 1. The zero-order valence-corrected chi connectivity index (χ0v) is 11.1. The van der Waals surface area contributed by atoms with Crippen molar-refractivity contribution < 1.29 is 9.13 Å². The number of rotatable bonds is 6. The minimum Gasteiger partial charge on any atom is -0.381 e. The first-order chi connectivity index (χ1) is 9.21. The highest BCUT2D eigenvalue weighted by atomic mass is 19.1. The highest BCUT2D eigenvalue weighted by Crippen LogP contribution is 2.35. The van der Waals surface area contributed by atoms with Crippen LogP contribution in [0.4, 0.5) is 4.39 Å². The van der Waals surface area contributed by atoms with Crippen LogP contribution in [0.2, 0.25) is 0 Å². The van der Waals surface area contributed by atoms with E-state index in [1.165, 1.54) is 7.11 Å². The van der Waals surface area contributed by atoms with Crippen LogP contribution in [0.5, 0.6) is 0 Å². The van der Waals surface area contributed by atoms with Crippen LogP contribution in [-0.2, 0) is 10.4 Å². The molecule has 102 valence electrons. The summed E-state index contributed by atoms with van der Waals surface area (Å²) in [7, 11) is 1.51. The molecule has 0 aliphatic rings. The van der Waals surface area contributed by atoms with Crippen molar-refractivity contribution >= 4 is 10.9 Å². The number of pyridine rings is 1. The number of halogens is 1. The van der Waals surface area contributed by atoms with Crippen molar-refractivity contribution in [2.45, 2.75) is 18.5 Å². The SMILES string of the molecule is COCC(F)(CCCN)c1cccc2cccnc12. The summed E-state index contributed by atoms with van der Waals surface area (Å²) < 4.78 is 20.3. The van der Waals surface area contributed by atoms with Crippen LogP contribution in [0, 0.1) is 0 Å². The highest BCUT2D eigenvalue weighted by Gasteiger charge is 2.33. The molecule has 1 atom stereocenters. The summed E-state index contributed by atoms with van der Waals surface area (Å²) in [4.78, 5) is 4.31. The number of nitrogens with two attached hydrogens (primary N) is 1. The van der Waals surface area contributed by atoms with Gasteiger partial charge in [0.05, 0.1) is 12.1 Å². The van der Waals surface area contributed by atoms with E-state index in [0.29, 0.717) is 30.5 Å². The van der Waals surface area contributed by atoms with E-state index >= 15 is 4.39 Å². The molecule has 1 aromatic carbocycles. The molecule has 0 amide bonds. The van der Waals surface area contributed by atoms with Crippen molar-refractivity contribution in [1.29, 1.82) is 0 Å². The molecule has 2 aromatic rings. The number of alkyl halides is 1. The van der Waals surface area contributed by atoms with E-state index in [4.69, 9.17) is 10.5 Å². The Morgan fingerprint density at radius 1 is 1.32 bits per heavy atom. The zero-order chi connectivity index (χ0) is 13.7. The molecule has 4 heteroatoms. The van der Waals surface area contributed by atoms with Gasteiger partial charge in [-0.25, -0.2) is 4.39 Å². The van der Waals surface area contributed by atoms with Crippen LogP contribution in [0.15, 0.2) is 36.5 Å². The first kappa shape index (κ1) is 13.9. The monoisotopic (exact) mass is 262 g/mol. The molecular weight excluding hydrogens is 243 g/mol. The summed E-state index contributed by atoms with van der Waals surface area (Å²) in [5.41, 5.74) is 5.24. The molecule has 0 saturated carbocycles. The predicted octanol–water partition coefficient (Wildman–Crippen LogP) is 2.78. The Kier molecular flexibility index (Phi) is 4.45. The lowest BCUT2D eigenvalue weighted by molar-refractivity contribution is 0.0313. The minimum atomic E-state index is -1.54. The smallest absolute Gasteiger partial charge is 0.161 e. The van der Waals surface area contributed by atoms with Crippen molar-refractivity contribution in [3.63, 3.8) is 0 Å². The second-order valence-electron chi connectivity index (χ2n) is 4.67. The summed E-state index contributed by atoms with van der Waals surface area (Å²) in [5, 5.41) is 0.936. The van der Waals surface area contributed by atoms with Gasteiger partial charge in [0.25, 0.3) is 0 Å². The molecule has 2 rings (SSSR count). The minimum absolute atomic E-state index is 0.0166. The van der Waals surface area contributed by atoms with Crippen molar-refractivity contribution in [2.75, 3.05) is 20.3 Å². The molecule has 0 saturated heterocycles. The number of aromatic nitrogens is 1. The molecule has 1 unspecified atom stereocenters. The van der Waals surface area contributed by atoms with Gasteiger partial charge < -0.3 is 10.5 Å². The van der Waals surface area contributed by atoms with E-state index < -0.39 is 5.67 Å². The first-order valence-electron chi connectivity index (χ1n) is 6.43. The quantitative estimate of drug-likeness (QED) is 0.870. The van der Waals surface area contributed by atoms with Gasteiger partial charge in [-0.3, -0.25) is 4.98 Å². The maximum Gasteiger partial charge on any atom is 0.161 e. The van der Waals surface area contributed by atoms with Gasteiger partial charge in [0.2, 0.25) is 0 Å². The van der Waals surface area contributed by atoms with Crippen molar-refractivity contribution in [1.82, 2.24) is 4.98 Å². The number of hydrogen-bond acceptors (Lipinski definition) is 3. The Hall–Kier alpha value is -1.52. The largest absolute Gasteiger partial charge is 0.381 e. The topological polar surface area (TPSA) is 48.1 Å². The van der Waals surface area contributed by atoms with Gasteiger partial charge in [-0.15, -0.1) is 0 Å². The van der Waals surface area contributed by atoms with E-state index in [1.54, 1.807) is 12.3 Å². The molecule has 0 aliphatic heterocycles. The molecule has 0 spiro atoms. The van der Waals surface area contributed by atoms with Gasteiger partial charge in [0.15, 0.2) is 5.67 Å². The van der Waals surface area contributed by atoms with Gasteiger partial charge in [-0.1, -0.05) is 24.3 Å². The fraction of sp³-hybridized carbons (Fsp3) is 0.400. The highest BCUT2D eigenvalue weighted by molar-refractivity contribution is 5.82. The van der Waals surface area contributed by atoms with Crippen LogP contribution in [0.1, 0.15) is 18.4 Å². The molecule has 3 nitrogen and oxygen atoms in total. The standard InChI is InChI=1S/C15H19FN2O/c1-19-11-15(16,8-4-9-17)13-7-2-5-12-6-3-10-18-14(12)13/h2-3,5-7,10H,4,8-9,11,17H2,1H3. The molecule has 0 aliphatic carbocycles. The molecule has 2 N–H and O–H groups in total. The molecule has 19 heavy (non-hydrogen) atoms. The van der Waals surface area contributed by atoms with Gasteiger partial charge in [0, 0.05) is 24.3 Å². The number of para-hydroxylation sites is 1. The number of ether oxygens (including phenoxy) is 1. The Balaban J connectivity index is 2.49. The van der Waals surface area contributed by atoms with Crippen LogP contribution < -0.4 is 5.73 Å². The number of fused-ring (bicyclic) bond motifs is 1. The van der Waals surface area contributed by atoms with E-state index in [2.05, 4.69) is 4.98 Å². The Labute approximate surface area is 112 Å². The third-order valence-electron chi connectivity index (χ3n) is 3.27. The Morgan fingerprint density at radius 2 is 2.11 bits per heavy atom. The Bertz CT molecular complexity index is 541. The number of methoxy groups -OCH3 is 1. The fourth-order valence-corrected chi connectivity index (χ4v) is 2.36. The Morgan fingerprint density at radius 3 is 2.84 bits per heavy atom. The first-order valence-corrected chi connectivity index (χ1v) is 6.43. The van der Waals surface area contributed by atoms with Crippen molar-refractivity contribution in [2.24, 2.45) is 5.73 Å². The van der Waals surface area contributed by atoms with Gasteiger partial charge in [0.1, 0.15) is 0 Å². The predicted molar refractivity (Wildman–Crippen MR) is 74.7 cm³/mol. The van der Waals surface area contributed by atoms with E-state index in [9.17, 15) is 0 Å². The number of benzene rings is 1. The lowest BCUT2D eigenvalue weighted by atomic mass is 9.89. The maximum absolute atomic E-state index is 15.2. The second-order valence-corrected chi connectivity index (χ2v) is 4.67. The lowest BCUT2D eigenvalue weighted by Crippen LogP contribution is -2.27. The summed E-state index contributed by atoms with van der Waals surface area (Å²) in [5.74, 6) is 0. The normalized spacial score (nSPS) is 14.5. The summed E-state index contributed by atoms with van der Waals surface area (Å²) in [6.45, 7) is 0.482. The number of hydrogen-bond donors (Lipinski definition) is 1. The second kappa shape index (κ2) is 6.08. The van der Waals surface area contributed by atoms with Crippen LogP contribution in [0.3, 0.4) is 0 Å². The molecule has 1 heterocycles. The van der Waals surface area contributed by atoms with Crippen molar-refractivity contribution in [3.8, 4) is 0 Å². The third-order valence-corrected chi connectivity index (χ3v) is 3.27. The zero-order valence-electron chi connectivity index (χ0n) is 11.1. The molecular formula is C15H19FN2O. The van der Waals surface area contributed by atoms with Crippen molar-refractivity contribution in [3.05, 3.63) is 42.1 Å². The van der Waals surface area contributed by atoms with Gasteiger partial charge >= 0.3 is 0 Å². The molecule has 1 aromatic heterocycles. The molecule has 0 bridgehead atoms. The molecule has 0 radical (unpaired) electrons. The summed E-state index contributed by atoms with van der Waals surface area (Å²) in [6, 6.07) is 9.35. The lowest BCUT2D eigenvalue weighted by Gasteiger charge is -2.25. The third kappa shape index (κ3) is 2.91. The summed E-state index contributed by atoms with van der Waals surface area (Å²) in [6.07, 6.45) is 2.64. The maximum atomic E-state index is 15.2. The average molecular weight is 262 g/mol. The van der Waals surface area contributed by atoms with Gasteiger partial charge in [-0.05, 0) is 25.5 Å². The van der Waals surface area contributed by atoms with Crippen LogP contribution in [0.25, 0.3) is 10.9 Å². The molecule has 0 fully saturated rings. The van der Waals surface area contributed by atoms with E-state index in [1.807, 2.05) is 24.3 Å². The summed E-state index contributed by atoms with van der Waals surface area (Å²) >= 11 is 0. The average Bonchev–Trinajstić information content (AvgIpc) is 2.45. The van der Waals surface area contributed by atoms with E-state index in [-0.39, 0.29) is 6.61 Å². The van der Waals surface area contributed by atoms with Crippen LogP contribution in [-0.4, -0.2) is 25.2 Å². The van der Waals surface area contributed by atoms with E-state index in [0.717, 1.165) is 5.39 Å². The van der Waals surface area contributed by atoms with Gasteiger partial charge in [-0.2, -0.15) is 0 Å². The fourth-order valence-electron chi connectivity index (χ4n) is 2.36. The van der Waals surface area contributed by atoms with Crippen LogP contribution >= 0.6 is 0 Å².